The number of rotatable bonds is 6. The SMILES string of the molecule is Cc1ccc(NC(=O)NCC[C@@H]2CCCCN2S(=O)(=O)c2ccc(F)cc2)cc1. The van der Waals surface area contributed by atoms with Gasteiger partial charge in [0.25, 0.3) is 0 Å². The highest BCUT2D eigenvalue weighted by Gasteiger charge is 2.33. The molecule has 6 nitrogen and oxygen atoms in total. The number of carbonyl (C=O) groups is 1. The number of piperidine rings is 1. The van der Waals surface area contributed by atoms with Gasteiger partial charge in [0.2, 0.25) is 10.0 Å². The van der Waals surface area contributed by atoms with Crippen LogP contribution >= 0.6 is 0 Å². The maximum Gasteiger partial charge on any atom is 0.319 e. The summed E-state index contributed by atoms with van der Waals surface area (Å²) >= 11 is 0. The number of nitrogens with zero attached hydrogens (tertiary/aromatic N) is 1. The molecular formula is C21H26FN3O3S. The zero-order valence-electron chi connectivity index (χ0n) is 16.4. The number of hydrogen-bond acceptors (Lipinski definition) is 3. The Labute approximate surface area is 171 Å². The minimum atomic E-state index is -3.69. The number of amides is 2. The first-order valence-electron chi connectivity index (χ1n) is 9.75. The third-order valence-corrected chi connectivity index (χ3v) is 7.03. The van der Waals surface area contributed by atoms with Crippen LogP contribution in [0.25, 0.3) is 0 Å². The Hall–Kier alpha value is -2.45. The largest absolute Gasteiger partial charge is 0.338 e. The van der Waals surface area contributed by atoms with Gasteiger partial charge in [-0.3, -0.25) is 0 Å². The summed E-state index contributed by atoms with van der Waals surface area (Å²) in [4.78, 5) is 12.2. The van der Waals surface area contributed by atoms with Gasteiger partial charge in [-0.2, -0.15) is 4.31 Å². The predicted molar refractivity (Wildman–Crippen MR) is 111 cm³/mol. The van der Waals surface area contributed by atoms with Crippen molar-refractivity contribution in [3.63, 3.8) is 0 Å². The Morgan fingerprint density at radius 2 is 1.79 bits per heavy atom. The highest BCUT2D eigenvalue weighted by Crippen LogP contribution is 2.27. The molecule has 8 heteroatoms. The number of halogens is 1. The molecule has 0 aromatic heterocycles. The maximum atomic E-state index is 13.2. The summed E-state index contributed by atoms with van der Waals surface area (Å²) in [6.07, 6.45) is 2.98. The molecule has 0 saturated carbocycles. The van der Waals surface area contributed by atoms with E-state index >= 15 is 0 Å². The molecule has 2 aromatic carbocycles. The number of benzene rings is 2. The predicted octanol–water partition coefficient (Wildman–Crippen LogP) is 3.89. The van der Waals surface area contributed by atoms with Gasteiger partial charge in [-0.25, -0.2) is 17.6 Å². The molecule has 1 fully saturated rings. The third-order valence-electron chi connectivity index (χ3n) is 5.07. The lowest BCUT2D eigenvalue weighted by Gasteiger charge is -2.34. The Morgan fingerprint density at radius 3 is 2.48 bits per heavy atom. The summed E-state index contributed by atoms with van der Waals surface area (Å²) in [5, 5.41) is 5.55. The molecule has 1 aliphatic heterocycles. The first-order chi connectivity index (χ1) is 13.9. The van der Waals surface area contributed by atoms with Crippen molar-refractivity contribution in [3.8, 4) is 0 Å². The van der Waals surface area contributed by atoms with Crippen molar-refractivity contribution in [2.24, 2.45) is 0 Å². The van der Waals surface area contributed by atoms with Gasteiger partial charge in [-0.05, 0) is 62.6 Å². The summed E-state index contributed by atoms with van der Waals surface area (Å²) < 4.78 is 40.6. The molecule has 3 rings (SSSR count). The molecule has 0 bridgehead atoms. The second-order valence-corrected chi connectivity index (χ2v) is 9.15. The number of sulfonamides is 1. The van der Waals surface area contributed by atoms with Gasteiger partial charge in [0.1, 0.15) is 5.82 Å². The fourth-order valence-corrected chi connectivity index (χ4v) is 5.21. The average molecular weight is 420 g/mol. The van der Waals surface area contributed by atoms with Gasteiger partial charge in [-0.15, -0.1) is 0 Å². The second-order valence-electron chi connectivity index (χ2n) is 7.25. The standard InChI is InChI=1S/C21H26FN3O3S/c1-16-5-9-18(10-6-16)24-21(26)23-14-13-19-4-2-3-15-25(19)29(27,28)20-11-7-17(22)8-12-20/h5-12,19H,2-4,13-15H2,1H3,(H2,23,24,26)/t19-/m0/s1. The van der Waals surface area contributed by atoms with Crippen LogP contribution in [0.15, 0.2) is 53.4 Å². The quantitative estimate of drug-likeness (QED) is 0.746. The third kappa shape index (κ3) is 5.55. The summed E-state index contributed by atoms with van der Waals surface area (Å²) in [7, 11) is -3.69. The molecule has 1 atom stereocenters. The second kappa shape index (κ2) is 9.37. The van der Waals surface area contributed by atoms with Crippen LogP contribution in [-0.2, 0) is 10.0 Å². The highest BCUT2D eigenvalue weighted by atomic mass is 32.2. The summed E-state index contributed by atoms with van der Waals surface area (Å²) in [5.74, 6) is -0.470. The monoisotopic (exact) mass is 419 g/mol. The van der Waals surface area contributed by atoms with Crippen LogP contribution in [0.5, 0.6) is 0 Å². The summed E-state index contributed by atoms with van der Waals surface area (Å²) in [6, 6.07) is 11.9. The van der Waals surface area contributed by atoms with E-state index < -0.39 is 15.8 Å². The van der Waals surface area contributed by atoms with Crippen LogP contribution in [0.4, 0.5) is 14.9 Å². The zero-order valence-corrected chi connectivity index (χ0v) is 17.2. The molecule has 0 spiro atoms. The lowest BCUT2D eigenvalue weighted by molar-refractivity contribution is 0.234. The van der Waals surface area contributed by atoms with E-state index in [0.717, 1.165) is 37.0 Å². The fraction of sp³-hybridized carbons (Fsp3) is 0.381. The van der Waals surface area contributed by atoms with Crippen molar-refractivity contribution in [2.75, 3.05) is 18.4 Å². The molecule has 29 heavy (non-hydrogen) atoms. The van der Waals surface area contributed by atoms with Crippen LogP contribution in [-0.4, -0.2) is 37.9 Å². The van der Waals surface area contributed by atoms with Crippen molar-refractivity contribution < 1.29 is 17.6 Å². The van der Waals surface area contributed by atoms with Crippen LogP contribution in [0.2, 0.25) is 0 Å². The molecule has 2 aromatic rings. The number of hydrogen-bond donors (Lipinski definition) is 2. The Bertz CT molecular complexity index is 931. The van der Waals surface area contributed by atoms with Gasteiger partial charge >= 0.3 is 6.03 Å². The van der Waals surface area contributed by atoms with E-state index in [1.165, 1.54) is 16.4 Å². The van der Waals surface area contributed by atoms with Gasteiger partial charge in [-0.1, -0.05) is 24.1 Å². The van der Waals surface area contributed by atoms with E-state index in [9.17, 15) is 17.6 Å². The first-order valence-corrected chi connectivity index (χ1v) is 11.2. The summed E-state index contributed by atoms with van der Waals surface area (Å²) in [6.45, 7) is 2.76. The average Bonchev–Trinajstić information content (AvgIpc) is 2.70. The van der Waals surface area contributed by atoms with E-state index in [2.05, 4.69) is 10.6 Å². The van der Waals surface area contributed by atoms with Crippen molar-refractivity contribution in [2.45, 2.75) is 43.5 Å². The Balaban J connectivity index is 1.57. The topological polar surface area (TPSA) is 78.5 Å². The number of nitrogens with one attached hydrogen (secondary N) is 2. The molecule has 1 aliphatic rings. The maximum absolute atomic E-state index is 13.2. The van der Waals surface area contributed by atoms with Crippen molar-refractivity contribution in [1.82, 2.24) is 9.62 Å². The number of urea groups is 1. The lowest BCUT2D eigenvalue weighted by Crippen LogP contribution is -2.45. The number of carbonyl (C=O) groups excluding carboxylic acids is 1. The molecule has 1 heterocycles. The Morgan fingerprint density at radius 1 is 1.10 bits per heavy atom. The van der Waals surface area contributed by atoms with Crippen molar-refractivity contribution >= 4 is 21.7 Å². The van der Waals surface area contributed by atoms with Crippen LogP contribution in [0, 0.1) is 12.7 Å². The van der Waals surface area contributed by atoms with Gasteiger partial charge in [0.05, 0.1) is 4.90 Å². The van der Waals surface area contributed by atoms with E-state index in [-0.39, 0.29) is 17.0 Å². The Kier molecular flexibility index (Phi) is 6.87. The molecular weight excluding hydrogens is 393 g/mol. The lowest BCUT2D eigenvalue weighted by atomic mass is 10.0. The van der Waals surface area contributed by atoms with E-state index in [1.54, 1.807) is 0 Å². The molecule has 0 unspecified atom stereocenters. The number of anilines is 1. The normalized spacial score (nSPS) is 17.7. The smallest absolute Gasteiger partial charge is 0.319 e. The van der Waals surface area contributed by atoms with Crippen molar-refractivity contribution in [3.05, 3.63) is 59.9 Å². The van der Waals surface area contributed by atoms with Gasteiger partial charge < -0.3 is 10.6 Å². The molecule has 2 N–H and O–H groups in total. The minimum absolute atomic E-state index is 0.0934. The number of aryl methyl sites for hydroxylation is 1. The van der Waals surface area contributed by atoms with Crippen molar-refractivity contribution in [1.29, 1.82) is 0 Å². The van der Waals surface area contributed by atoms with E-state index in [4.69, 9.17) is 0 Å². The van der Waals surface area contributed by atoms with Crippen LogP contribution < -0.4 is 10.6 Å². The highest BCUT2D eigenvalue weighted by molar-refractivity contribution is 7.89. The zero-order chi connectivity index (χ0) is 20.9. The fourth-order valence-electron chi connectivity index (χ4n) is 3.49. The van der Waals surface area contributed by atoms with Gasteiger partial charge in [0, 0.05) is 24.8 Å². The molecule has 156 valence electrons. The molecule has 0 aliphatic carbocycles. The van der Waals surface area contributed by atoms with E-state index in [1.807, 2.05) is 31.2 Å². The van der Waals surface area contributed by atoms with Crippen LogP contribution in [0.3, 0.4) is 0 Å². The van der Waals surface area contributed by atoms with Crippen LogP contribution in [0.1, 0.15) is 31.2 Å². The molecule has 1 saturated heterocycles. The minimum Gasteiger partial charge on any atom is -0.338 e. The first kappa shape index (κ1) is 21.3. The summed E-state index contributed by atoms with van der Waals surface area (Å²) in [5.41, 5.74) is 1.81. The van der Waals surface area contributed by atoms with Gasteiger partial charge in [0.15, 0.2) is 0 Å². The molecule has 0 radical (unpaired) electrons. The van der Waals surface area contributed by atoms with E-state index in [0.29, 0.717) is 25.2 Å². The molecule has 2 amide bonds.